The van der Waals surface area contributed by atoms with E-state index in [0.717, 1.165) is 43.0 Å². The van der Waals surface area contributed by atoms with Gasteiger partial charge in [-0.15, -0.1) is 10.2 Å². The van der Waals surface area contributed by atoms with Gasteiger partial charge in [0, 0.05) is 30.3 Å². The lowest BCUT2D eigenvalue weighted by molar-refractivity contribution is 0.169. The van der Waals surface area contributed by atoms with Crippen LogP contribution in [0.3, 0.4) is 0 Å². The molecule has 0 aliphatic carbocycles. The van der Waals surface area contributed by atoms with Crippen LogP contribution in [0.25, 0.3) is 5.65 Å². The zero-order valence-electron chi connectivity index (χ0n) is 12.3. The van der Waals surface area contributed by atoms with Crippen molar-refractivity contribution in [1.82, 2.24) is 19.5 Å². The van der Waals surface area contributed by atoms with Crippen LogP contribution in [0.15, 0.2) is 18.3 Å². The van der Waals surface area contributed by atoms with Crippen LogP contribution < -0.4 is 5.73 Å². The Labute approximate surface area is 119 Å². The maximum atomic E-state index is 5.77. The summed E-state index contributed by atoms with van der Waals surface area (Å²) in [7, 11) is 0. The van der Waals surface area contributed by atoms with Crippen molar-refractivity contribution in [1.29, 1.82) is 0 Å². The molecule has 2 N–H and O–H groups in total. The van der Waals surface area contributed by atoms with E-state index in [0.29, 0.717) is 18.5 Å². The Morgan fingerprint density at radius 2 is 2.05 bits per heavy atom. The van der Waals surface area contributed by atoms with Gasteiger partial charge in [0.15, 0.2) is 5.65 Å². The molecule has 1 saturated heterocycles. The van der Waals surface area contributed by atoms with E-state index in [1.54, 1.807) is 0 Å². The van der Waals surface area contributed by atoms with Gasteiger partial charge in [0.25, 0.3) is 0 Å². The zero-order chi connectivity index (χ0) is 14.1. The highest BCUT2D eigenvalue weighted by atomic mass is 15.3. The summed E-state index contributed by atoms with van der Waals surface area (Å²) in [6, 6.07) is 4.69. The summed E-state index contributed by atoms with van der Waals surface area (Å²) in [5.74, 6) is 1.60. The number of pyridine rings is 1. The van der Waals surface area contributed by atoms with Gasteiger partial charge in [-0.05, 0) is 45.8 Å². The van der Waals surface area contributed by atoms with Gasteiger partial charge in [-0.1, -0.05) is 6.07 Å². The predicted molar refractivity (Wildman–Crippen MR) is 79.6 cm³/mol. The fourth-order valence-electron chi connectivity index (χ4n) is 3.10. The van der Waals surface area contributed by atoms with Crippen LogP contribution in [-0.2, 0) is 6.54 Å². The summed E-state index contributed by atoms with van der Waals surface area (Å²) in [6.07, 6.45) is 4.37. The first-order chi connectivity index (χ1) is 9.70. The Balaban J connectivity index is 1.85. The highest BCUT2D eigenvalue weighted by Gasteiger charge is 2.25. The van der Waals surface area contributed by atoms with Crippen molar-refractivity contribution >= 4 is 5.65 Å². The molecule has 3 rings (SSSR count). The van der Waals surface area contributed by atoms with Gasteiger partial charge >= 0.3 is 0 Å². The Bertz CT molecular complexity index is 581. The van der Waals surface area contributed by atoms with Gasteiger partial charge in [0.05, 0.1) is 0 Å². The molecule has 5 nitrogen and oxygen atoms in total. The SMILES string of the molecule is CC(C)N1CCC(c2nnc3c(CN)cccn23)CC1. The first kappa shape index (κ1) is 13.5. The van der Waals surface area contributed by atoms with Crippen LogP contribution in [0.2, 0.25) is 0 Å². The van der Waals surface area contributed by atoms with Gasteiger partial charge in [0.2, 0.25) is 0 Å². The van der Waals surface area contributed by atoms with Gasteiger partial charge in [0.1, 0.15) is 5.82 Å². The highest BCUT2D eigenvalue weighted by Crippen LogP contribution is 2.28. The van der Waals surface area contributed by atoms with Gasteiger partial charge in [-0.2, -0.15) is 0 Å². The van der Waals surface area contributed by atoms with Crippen molar-refractivity contribution < 1.29 is 0 Å². The van der Waals surface area contributed by atoms with Crippen LogP contribution in [0.4, 0.5) is 0 Å². The van der Waals surface area contributed by atoms with Crippen LogP contribution >= 0.6 is 0 Å². The highest BCUT2D eigenvalue weighted by molar-refractivity contribution is 5.47. The number of hydrogen-bond donors (Lipinski definition) is 1. The first-order valence-corrected chi connectivity index (χ1v) is 7.47. The van der Waals surface area contributed by atoms with E-state index in [-0.39, 0.29) is 0 Å². The molecule has 5 heteroatoms. The molecule has 0 spiro atoms. The molecule has 0 saturated carbocycles. The van der Waals surface area contributed by atoms with Crippen molar-refractivity contribution in [3.05, 3.63) is 29.7 Å². The minimum Gasteiger partial charge on any atom is -0.326 e. The van der Waals surface area contributed by atoms with Crippen LogP contribution in [0.5, 0.6) is 0 Å². The Morgan fingerprint density at radius 1 is 1.30 bits per heavy atom. The van der Waals surface area contributed by atoms with Gasteiger partial charge in [-0.25, -0.2) is 0 Å². The normalized spacial score (nSPS) is 18.2. The van der Waals surface area contributed by atoms with Crippen molar-refractivity contribution in [2.24, 2.45) is 5.73 Å². The zero-order valence-corrected chi connectivity index (χ0v) is 12.3. The van der Waals surface area contributed by atoms with E-state index < -0.39 is 0 Å². The third-order valence-corrected chi connectivity index (χ3v) is 4.39. The fraction of sp³-hybridized carbons (Fsp3) is 0.600. The number of rotatable bonds is 3. The Hall–Kier alpha value is -1.46. The molecule has 3 heterocycles. The van der Waals surface area contributed by atoms with E-state index in [9.17, 15) is 0 Å². The molecule has 108 valence electrons. The Kier molecular flexibility index (Phi) is 3.72. The molecule has 1 aliphatic heterocycles. The summed E-state index contributed by atoms with van der Waals surface area (Å²) in [4.78, 5) is 2.53. The minimum absolute atomic E-state index is 0.507. The van der Waals surface area contributed by atoms with E-state index in [4.69, 9.17) is 5.73 Å². The number of fused-ring (bicyclic) bond motifs is 1. The summed E-state index contributed by atoms with van der Waals surface area (Å²) in [5, 5.41) is 8.77. The summed E-state index contributed by atoms with van der Waals surface area (Å²) in [5.41, 5.74) is 7.74. The summed E-state index contributed by atoms with van der Waals surface area (Å²) < 4.78 is 2.12. The molecule has 2 aromatic heterocycles. The lowest BCUT2D eigenvalue weighted by atomic mass is 9.95. The molecule has 0 radical (unpaired) electrons. The quantitative estimate of drug-likeness (QED) is 0.926. The molecule has 1 aliphatic rings. The number of likely N-dealkylation sites (tertiary alicyclic amines) is 1. The molecule has 1 fully saturated rings. The molecular formula is C15H23N5. The first-order valence-electron chi connectivity index (χ1n) is 7.47. The van der Waals surface area contributed by atoms with E-state index in [1.165, 1.54) is 0 Å². The molecular weight excluding hydrogens is 250 g/mol. The molecule has 0 bridgehead atoms. The largest absolute Gasteiger partial charge is 0.326 e. The van der Waals surface area contributed by atoms with Crippen molar-refractivity contribution in [3.8, 4) is 0 Å². The maximum Gasteiger partial charge on any atom is 0.165 e. The number of nitrogens with zero attached hydrogens (tertiary/aromatic N) is 4. The van der Waals surface area contributed by atoms with Crippen LogP contribution in [0, 0.1) is 0 Å². The molecule has 0 aromatic carbocycles. The molecule has 0 atom stereocenters. The second kappa shape index (κ2) is 5.50. The van der Waals surface area contributed by atoms with E-state index in [2.05, 4.69) is 39.5 Å². The van der Waals surface area contributed by atoms with Crippen molar-refractivity contribution in [2.45, 2.75) is 45.2 Å². The third kappa shape index (κ3) is 2.31. The smallest absolute Gasteiger partial charge is 0.165 e. The second-order valence-corrected chi connectivity index (χ2v) is 5.89. The molecule has 0 amide bonds. The summed E-state index contributed by atoms with van der Waals surface area (Å²) in [6.45, 7) is 7.33. The minimum atomic E-state index is 0.507. The molecule has 2 aromatic rings. The topological polar surface area (TPSA) is 59.5 Å². The van der Waals surface area contributed by atoms with Gasteiger partial charge < -0.3 is 10.6 Å². The average Bonchev–Trinajstić information content (AvgIpc) is 2.91. The third-order valence-electron chi connectivity index (χ3n) is 4.39. The standard InChI is InChI=1S/C15H23N5/c1-11(2)19-8-5-12(6-9-19)14-17-18-15-13(10-16)4-3-7-20(14)15/h3-4,7,11-12H,5-6,8-10,16H2,1-2H3. The predicted octanol–water partition coefficient (Wildman–Crippen LogP) is 1.78. The van der Waals surface area contributed by atoms with Crippen molar-refractivity contribution in [2.75, 3.05) is 13.1 Å². The lowest BCUT2D eigenvalue weighted by Gasteiger charge is -2.33. The average molecular weight is 273 g/mol. The number of aromatic nitrogens is 3. The summed E-state index contributed by atoms with van der Waals surface area (Å²) >= 11 is 0. The molecule has 20 heavy (non-hydrogen) atoms. The van der Waals surface area contributed by atoms with Crippen LogP contribution in [-0.4, -0.2) is 38.6 Å². The lowest BCUT2D eigenvalue weighted by Crippen LogP contribution is -2.38. The fourth-order valence-corrected chi connectivity index (χ4v) is 3.10. The molecule has 0 unspecified atom stereocenters. The maximum absolute atomic E-state index is 5.77. The van der Waals surface area contributed by atoms with Crippen molar-refractivity contribution in [3.63, 3.8) is 0 Å². The van der Waals surface area contributed by atoms with Crippen LogP contribution in [0.1, 0.15) is 44.0 Å². The monoisotopic (exact) mass is 273 g/mol. The van der Waals surface area contributed by atoms with E-state index >= 15 is 0 Å². The van der Waals surface area contributed by atoms with E-state index in [1.807, 2.05) is 12.1 Å². The number of nitrogens with two attached hydrogens (primary N) is 1. The van der Waals surface area contributed by atoms with Gasteiger partial charge in [-0.3, -0.25) is 4.40 Å². The second-order valence-electron chi connectivity index (χ2n) is 5.89. The Morgan fingerprint density at radius 3 is 2.70 bits per heavy atom. The number of hydrogen-bond acceptors (Lipinski definition) is 4. The number of piperidine rings is 1.